The van der Waals surface area contributed by atoms with Gasteiger partial charge in [-0.1, -0.05) is 13.3 Å². The molecule has 1 aromatic rings. The maximum atomic E-state index is 6.03. The molecule has 3 nitrogen and oxygen atoms in total. The van der Waals surface area contributed by atoms with Gasteiger partial charge in [-0.2, -0.15) is 0 Å². The lowest BCUT2D eigenvalue weighted by molar-refractivity contribution is -0.0736. The summed E-state index contributed by atoms with van der Waals surface area (Å²) in [6.07, 6.45) is 4.35. The second-order valence-corrected chi connectivity index (χ2v) is 4.18. The van der Waals surface area contributed by atoms with E-state index in [1.807, 2.05) is 12.1 Å². The van der Waals surface area contributed by atoms with Crippen molar-refractivity contribution >= 4 is 0 Å². The Morgan fingerprint density at radius 3 is 3.07 bits per heavy atom. The standard InChI is InChI=1S/C12H19NO2/c1-3-5-10-8-13-9(2)12(15-10)11-6-4-7-14-11/h4,6-7,9-10,12-13H,3,5,8H2,1-2H3. The summed E-state index contributed by atoms with van der Waals surface area (Å²) in [5.74, 6) is 0.927. The van der Waals surface area contributed by atoms with E-state index in [4.69, 9.17) is 9.15 Å². The molecule has 0 radical (unpaired) electrons. The van der Waals surface area contributed by atoms with Gasteiger partial charge in [0.2, 0.25) is 0 Å². The van der Waals surface area contributed by atoms with Crippen molar-refractivity contribution in [3.05, 3.63) is 24.2 Å². The van der Waals surface area contributed by atoms with Crippen LogP contribution in [0.1, 0.15) is 38.6 Å². The van der Waals surface area contributed by atoms with E-state index in [1.54, 1.807) is 6.26 Å². The Morgan fingerprint density at radius 1 is 1.53 bits per heavy atom. The highest BCUT2D eigenvalue weighted by molar-refractivity contribution is 5.06. The molecule has 0 aliphatic carbocycles. The molecular formula is C12H19NO2. The quantitative estimate of drug-likeness (QED) is 0.830. The molecule has 1 saturated heterocycles. The van der Waals surface area contributed by atoms with Crippen LogP contribution in [0.2, 0.25) is 0 Å². The zero-order valence-electron chi connectivity index (χ0n) is 9.40. The number of hydrogen-bond acceptors (Lipinski definition) is 3. The van der Waals surface area contributed by atoms with Crippen LogP contribution in [-0.2, 0) is 4.74 Å². The molecule has 2 heterocycles. The largest absolute Gasteiger partial charge is 0.467 e. The molecule has 3 atom stereocenters. The molecular weight excluding hydrogens is 190 g/mol. The van der Waals surface area contributed by atoms with E-state index in [0.29, 0.717) is 12.1 Å². The number of morpholine rings is 1. The fourth-order valence-electron chi connectivity index (χ4n) is 2.06. The van der Waals surface area contributed by atoms with E-state index in [0.717, 1.165) is 25.1 Å². The Balaban J connectivity index is 2.02. The normalized spacial score (nSPS) is 31.7. The van der Waals surface area contributed by atoms with Gasteiger partial charge in [0.25, 0.3) is 0 Å². The molecule has 15 heavy (non-hydrogen) atoms. The first-order valence-corrected chi connectivity index (χ1v) is 5.73. The third-order valence-corrected chi connectivity index (χ3v) is 2.89. The molecule has 1 fully saturated rings. The van der Waals surface area contributed by atoms with Gasteiger partial charge in [0.15, 0.2) is 0 Å². The predicted molar refractivity (Wildman–Crippen MR) is 58.7 cm³/mol. The van der Waals surface area contributed by atoms with E-state index < -0.39 is 0 Å². The van der Waals surface area contributed by atoms with Gasteiger partial charge in [-0.15, -0.1) is 0 Å². The summed E-state index contributed by atoms with van der Waals surface area (Å²) in [5.41, 5.74) is 0. The third-order valence-electron chi connectivity index (χ3n) is 2.89. The van der Waals surface area contributed by atoms with Crippen LogP contribution in [0, 0.1) is 0 Å². The van der Waals surface area contributed by atoms with Crippen molar-refractivity contribution in [2.75, 3.05) is 6.54 Å². The van der Waals surface area contributed by atoms with Gasteiger partial charge in [-0.25, -0.2) is 0 Å². The predicted octanol–water partition coefficient (Wildman–Crippen LogP) is 2.50. The summed E-state index contributed by atoms with van der Waals surface area (Å²) in [7, 11) is 0. The van der Waals surface area contributed by atoms with E-state index in [1.165, 1.54) is 0 Å². The summed E-state index contributed by atoms with van der Waals surface area (Å²) in [6, 6.07) is 4.22. The lowest BCUT2D eigenvalue weighted by atomic mass is 10.1. The third kappa shape index (κ3) is 2.41. The molecule has 2 rings (SSSR count). The molecule has 1 N–H and O–H groups in total. The smallest absolute Gasteiger partial charge is 0.134 e. The van der Waals surface area contributed by atoms with Crippen LogP contribution in [0.3, 0.4) is 0 Å². The zero-order valence-corrected chi connectivity index (χ0v) is 9.40. The molecule has 0 bridgehead atoms. The van der Waals surface area contributed by atoms with Gasteiger partial charge in [0.05, 0.1) is 12.4 Å². The fraction of sp³-hybridized carbons (Fsp3) is 0.667. The van der Waals surface area contributed by atoms with Crippen LogP contribution < -0.4 is 5.32 Å². The van der Waals surface area contributed by atoms with E-state index in [9.17, 15) is 0 Å². The highest BCUT2D eigenvalue weighted by atomic mass is 16.5. The Bertz CT molecular complexity index is 284. The molecule has 0 amide bonds. The number of rotatable bonds is 3. The molecule has 1 aliphatic rings. The number of ether oxygens (including phenoxy) is 1. The van der Waals surface area contributed by atoms with Gasteiger partial charge in [-0.3, -0.25) is 0 Å². The maximum absolute atomic E-state index is 6.03. The minimum absolute atomic E-state index is 0.0605. The summed E-state index contributed by atoms with van der Waals surface area (Å²) in [5, 5.41) is 3.47. The van der Waals surface area contributed by atoms with E-state index in [-0.39, 0.29) is 6.10 Å². The number of hydrogen-bond donors (Lipinski definition) is 1. The van der Waals surface area contributed by atoms with Crippen LogP contribution in [0.4, 0.5) is 0 Å². The highest BCUT2D eigenvalue weighted by Gasteiger charge is 2.30. The van der Waals surface area contributed by atoms with Crippen molar-refractivity contribution < 1.29 is 9.15 Å². The van der Waals surface area contributed by atoms with Gasteiger partial charge in [0.1, 0.15) is 11.9 Å². The van der Waals surface area contributed by atoms with Crippen LogP contribution in [0.15, 0.2) is 22.8 Å². The zero-order chi connectivity index (χ0) is 10.7. The SMILES string of the molecule is CCCC1CNC(C)C(c2ccco2)O1. The molecule has 0 saturated carbocycles. The van der Waals surface area contributed by atoms with Gasteiger partial charge in [-0.05, 0) is 25.5 Å². The molecule has 3 unspecified atom stereocenters. The fourth-order valence-corrected chi connectivity index (χ4v) is 2.06. The minimum Gasteiger partial charge on any atom is -0.467 e. The lowest BCUT2D eigenvalue weighted by Crippen LogP contribution is -2.46. The molecule has 0 aromatic carbocycles. The lowest BCUT2D eigenvalue weighted by Gasteiger charge is -2.34. The summed E-state index contributed by atoms with van der Waals surface area (Å²) >= 11 is 0. The monoisotopic (exact) mass is 209 g/mol. The van der Waals surface area contributed by atoms with Crippen LogP contribution in [0.5, 0.6) is 0 Å². The van der Waals surface area contributed by atoms with Crippen LogP contribution in [0.25, 0.3) is 0 Å². The summed E-state index contributed by atoms with van der Waals surface area (Å²) < 4.78 is 11.4. The van der Waals surface area contributed by atoms with E-state index >= 15 is 0 Å². The number of furan rings is 1. The van der Waals surface area contributed by atoms with Crippen LogP contribution in [-0.4, -0.2) is 18.7 Å². The minimum atomic E-state index is 0.0605. The average Bonchev–Trinajstić information content (AvgIpc) is 2.74. The molecule has 1 aromatic heterocycles. The second-order valence-electron chi connectivity index (χ2n) is 4.18. The Morgan fingerprint density at radius 2 is 2.40 bits per heavy atom. The van der Waals surface area contributed by atoms with Crippen molar-refractivity contribution in [1.82, 2.24) is 5.32 Å². The van der Waals surface area contributed by atoms with Gasteiger partial charge in [0, 0.05) is 12.6 Å². The van der Waals surface area contributed by atoms with Crippen molar-refractivity contribution in [3.8, 4) is 0 Å². The van der Waals surface area contributed by atoms with E-state index in [2.05, 4.69) is 19.2 Å². The maximum Gasteiger partial charge on any atom is 0.134 e. The highest BCUT2D eigenvalue weighted by Crippen LogP contribution is 2.27. The van der Waals surface area contributed by atoms with Gasteiger partial charge < -0.3 is 14.5 Å². The Hall–Kier alpha value is -0.800. The van der Waals surface area contributed by atoms with Crippen molar-refractivity contribution in [2.45, 2.75) is 44.9 Å². The van der Waals surface area contributed by atoms with Crippen LogP contribution >= 0.6 is 0 Å². The molecule has 84 valence electrons. The first-order valence-electron chi connectivity index (χ1n) is 5.73. The molecule has 1 aliphatic heterocycles. The topological polar surface area (TPSA) is 34.4 Å². The van der Waals surface area contributed by atoms with Crippen molar-refractivity contribution in [1.29, 1.82) is 0 Å². The summed E-state index contributed by atoms with van der Waals surface area (Å²) in [6.45, 7) is 5.27. The second kappa shape index (κ2) is 4.81. The average molecular weight is 209 g/mol. The number of nitrogens with one attached hydrogen (secondary N) is 1. The van der Waals surface area contributed by atoms with Gasteiger partial charge >= 0.3 is 0 Å². The first kappa shape index (κ1) is 10.7. The Kier molecular flexibility index (Phi) is 3.44. The Labute approximate surface area is 90.8 Å². The van der Waals surface area contributed by atoms with Crippen molar-refractivity contribution in [3.63, 3.8) is 0 Å². The first-order chi connectivity index (χ1) is 7.31. The molecule has 0 spiro atoms. The summed E-state index contributed by atoms with van der Waals surface area (Å²) in [4.78, 5) is 0. The molecule has 3 heteroatoms. The van der Waals surface area contributed by atoms with Crippen molar-refractivity contribution in [2.24, 2.45) is 0 Å².